The van der Waals surface area contributed by atoms with Crippen molar-refractivity contribution in [2.45, 2.75) is 33.6 Å². The lowest BCUT2D eigenvalue weighted by molar-refractivity contribution is -0.126. The molecule has 0 bridgehead atoms. The highest BCUT2D eigenvalue weighted by Crippen LogP contribution is 2.16. The lowest BCUT2D eigenvalue weighted by atomic mass is 9.91. The quantitative estimate of drug-likeness (QED) is 0.668. The molecule has 2 nitrogen and oxygen atoms in total. The van der Waals surface area contributed by atoms with Gasteiger partial charge in [0.2, 0.25) is 5.91 Å². The van der Waals surface area contributed by atoms with E-state index in [0.717, 1.165) is 12.8 Å². The fraction of sp³-hybridized carbons (Fsp3) is 0.889. The van der Waals surface area contributed by atoms with Crippen LogP contribution in [0.25, 0.3) is 0 Å². The topological polar surface area (TPSA) is 29.1 Å². The van der Waals surface area contributed by atoms with Crippen molar-refractivity contribution in [3.8, 4) is 0 Å². The molecule has 1 atom stereocenters. The standard InChI is InChI=1S/C9H19NO.H2/c1-5-6-8(7(2)3)9(11)10-4;/h7-8H,5-6H2,1-4H3,(H,10,11);1H. The summed E-state index contributed by atoms with van der Waals surface area (Å²) < 4.78 is 0. The molecule has 0 aromatic heterocycles. The lowest BCUT2D eigenvalue weighted by Crippen LogP contribution is -2.30. The van der Waals surface area contributed by atoms with Gasteiger partial charge in [-0.1, -0.05) is 27.2 Å². The van der Waals surface area contributed by atoms with Crippen LogP contribution in [0.5, 0.6) is 0 Å². The predicted octanol–water partition coefficient (Wildman–Crippen LogP) is 2.05. The summed E-state index contributed by atoms with van der Waals surface area (Å²) in [6.45, 7) is 6.30. The van der Waals surface area contributed by atoms with Crippen LogP contribution in [-0.2, 0) is 4.79 Å². The van der Waals surface area contributed by atoms with Gasteiger partial charge in [-0.05, 0) is 12.3 Å². The zero-order valence-corrected chi connectivity index (χ0v) is 7.98. The second-order valence-electron chi connectivity index (χ2n) is 3.25. The van der Waals surface area contributed by atoms with E-state index in [1.165, 1.54) is 0 Å². The van der Waals surface area contributed by atoms with Crippen LogP contribution in [0.1, 0.15) is 35.0 Å². The highest BCUT2D eigenvalue weighted by atomic mass is 16.1. The van der Waals surface area contributed by atoms with Crippen molar-refractivity contribution in [3.05, 3.63) is 0 Å². The number of amides is 1. The van der Waals surface area contributed by atoms with E-state index in [0.29, 0.717) is 5.92 Å². The Morgan fingerprint density at radius 2 is 2.09 bits per heavy atom. The minimum atomic E-state index is 0. The fourth-order valence-electron chi connectivity index (χ4n) is 1.26. The van der Waals surface area contributed by atoms with Crippen molar-refractivity contribution < 1.29 is 6.22 Å². The highest BCUT2D eigenvalue weighted by molar-refractivity contribution is 5.78. The van der Waals surface area contributed by atoms with Crippen LogP contribution >= 0.6 is 0 Å². The Morgan fingerprint density at radius 3 is 2.36 bits per heavy atom. The summed E-state index contributed by atoms with van der Waals surface area (Å²) >= 11 is 0. The van der Waals surface area contributed by atoms with Crippen molar-refractivity contribution in [2.24, 2.45) is 11.8 Å². The van der Waals surface area contributed by atoms with Crippen LogP contribution in [0.4, 0.5) is 0 Å². The Morgan fingerprint density at radius 1 is 1.55 bits per heavy atom. The molecule has 1 N–H and O–H groups in total. The number of nitrogens with one attached hydrogen (secondary N) is 1. The first-order valence-corrected chi connectivity index (χ1v) is 4.35. The smallest absolute Gasteiger partial charge is 0.223 e. The molecule has 0 aliphatic carbocycles. The summed E-state index contributed by atoms with van der Waals surface area (Å²) in [5, 5.41) is 2.69. The van der Waals surface area contributed by atoms with E-state index < -0.39 is 0 Å². The third-order valence-corrected chi connectivity index (χ3v) is 1.99. The van der Waals surface area contributed by atoms with Crippen LogP contribution in [-0.4, -0.2) is 13.0 Å². The predicted molar refractivity (Wildman–Crippen MR) is 49.4 cm³/mol. The van der Waals surface area contributed by atoms with Gasteiger partial charge in [0.15, 0.2) is 0 Å². The van der Waals surface area contributed by atoms with Crippen molar-refractivity contribution in [2.75, 3.05) is 7.05 Å². The van der Waals surface area contributed by atoms with Crippen LogP contribution < -0.4 is 5.32 Å². The number of hydrogen-bond donors (Lipinski definition) is 1. The van der Waals surface area contributed by atoms with Gasteiger partial charge in [0.1, 0.15) is 0 Å². The van der Waals surface area contributed by atoms with E-state index >= 15 is 0 Å². The van der Waals surface area contributed by atoms with E-state index in [1.54, 1.807) is 7.05 Å². The summed E-state index contributed by atoms with van der Waals surface area (Å²) in [7, 11) is 1.70. The second-order valence-corrected chi connectivity index (χ2v) is 3.25. The molecule has 0 aromatic rings. The maximum Gasteiger partial charge on any atom is 0.223 e. The van der Waals surface area contributed by atoms with Crippen LogP contribution in [0.2, 0.25) is 0 Å². The Balaban J connectivity index is 0. The molecule has 0 aliphatic rings. The normalized spacial score (nSPS) is 13.2. The van der Waals surface area contributed by atoms with Gasteiger partial charge in [-0.3, -0.25) is 4.79 Å². The first-order valence-electron chi connectivity index (χ1n) is 4.35. The molecule has 0 saturated heterocycles. The van der Waals surface area contributed by atoms with E-state index in [9.17, 15) is 4.79 Å². The fourth-order valence-corrected chi connectivity index (χ4v) is 1.26. The third kappa shape index (κ3) is 3.40. The molecule has 0 aliphatic heterocycles. The van der Waals surface area contributed by atoms with Gasteiger partial charge in [-0.15, -0.1) is 0 Å². The minimum absolute atomic E-state index is 0. The Labute approximate surface area is 70.9 Å². The molecule has 0 aromatic carbocycles. The monoisotopic (exact) mass is 159 g/mol. The molecule has 0 heterocycles. The molecular weight excluding hydrogens is 138 g/mol. The van der Waals surface area contributed by atoms with Gasteiger partial charge >= 0.3 is 0 Å². The summed E-state index contributed by atoms with van der Waals surface area (Å²) in [6.07, 6.45) is 2.08. The van der Waals surface area contributed by atoms with Crippen LogP contribution in [0.3, 0.4) is 0 Å². The van der Waals surface area contributed by atoms with Crippen molar-refractivity contribution in [3.63, 3.8) is 0 Å². The number of carbonyl (C=O) groups is 1. The van der Waals surface area contributed by atoms with Crippen molar-refractivity contribution >= 4 is 5.91 Å². The largest absolute Gasteiger partial charge is 0.359 e. The number of rotatable bonds is 4. The molecule has 0 rings (SSSR count). The lowest BCUT2D eigenvalue weighted by Gasteiger charge is -2.17. The van der Waals surface area contributed by atoms with E-state index in [4.69, 9.17) is 0 Å². The second kappa shape index (κ2) is 5.16. The van der Waals surface area contributed by atoms with E-state index in [1.807, 2.05) is 0 Å². The van der Waals surface area contributed by atoms with Crippen LogP contribution in [0, 0.1) is 11.8 Å². The Bertz CT molecular complexity index is 126. The molecule has 0 fully saturated rings. The maximum atomic E-state index is 11.2. The van der Waals surface area contributed by atoms with Gasteiger partial charge in [-0.2, -0.15) is 0 Å². The molecular formula is C9H21NO. The number of hydrogen-bond acceptors (Lipinski definition) is 1. The van der Waals surface area contributed by atoms with Gasteiger partial charge in [-0.25, -0.2) is 0 Å². The average molecular weight is 159 g/mol. The minimum Gasteiger partial charge on any atom is -0.359 e. The molecule has 68 valence electrons. The molecule has 1 unspecified atom stereocenters. The van der Waals surface area contributed by atoms with Crippen LogP contribution in [0.15, 0.2) is 0 Å². The number of carbonyl (C=O) groups excluding carboxylic acids is 1. The molecule has 1 amide bonds. The van der Waals surface area contributed by atoms with E-state index in [-0.39, 0.29) is 13.3 Å². The molecule has 0 radical (unpaired) electrons. The van der Waals surface area contributed by atoms with Gasteiger partial charge in [0.05, 0.1) is 0 Å². The van der Waals surface area contributed by atoms with Crippen molar-refractivity contribution in [1.29, 1.82) is 0 Å². The van der Waals surface area contributed by atoms with Crippen molar-refractivity contribution in [1.82, 2.24) is 5.32 Å². The first-order chi connectivity index (χ1) is 5.13. The van der Waals surface area contributed by atoms with Gasteiger partial charge in [0, 0.05) is 14.4 Å². The van der Waals surface area contributed by atoms with Gasteiger partial charge < -0.3 is 5.32 Å². The zero-order chi connectivity index (χ0) is 8.85. The summed E-state index contributed by atoms with van der Waals surface area (Å²) in [5.41, 5.74) is 0. The SMILES string of the molecule is CCCC(C(=O)NC)C(C)C.[HH]. The Kier molecular flexibility index (Phi) is 4.92. The maximum absolute atomic E-state index is 11.2. The molecule has 0 spiro atoms. The van der Waals surface area contributed by atoms with E-state index in [2.05, 4.69) is 26.1 Å². The summed E-state index contributed by atoms with van der Waals surface area (Å²) in [4.78, 5) is 11.2. The average Bonchev–Trinajstić information content (AvgIpc) is 1.98. The summed E-state index contributed by atoms with van der Waals surface area (Å²) in [5.74, 6) is 0.835. The molecule has 2 heteroatoms. The first kappa shape index (κ1) is 10.5. The molecule has 0 saturated carbocycles. The third-order valence-electron chi connectivity index (χ3n) is 1.99. The molecule has 11 heavy (non-hydrogen) atoms. The Hall–Kier alpha value is -0.530. The highest BCUT2D eigenvalue weighted by Gasteiger charge is 2.19. The summed E-state index contributed by atoms with van der Waals surface area (Å²) in [6, 6.07) is 0. The zero-order valence-electron chi connectivity index (χ0n) is 7.98. The van der Waals surface area contributed by atoms with Gasteiger partial charge in [0.25, 0.3) is 0 Å².